The average Bonchev–Trinajstić information content (AvgIpc) is 2.28. The van der Waals surface area contributed by atoms with E-state index in [1.165, 1.54) is 12.1 Å². The fourth-order valence-corrected chi connectivity index (χ4v) is 1.59. The minimum atomic E-state index is -0.832. The highest BCUT2D eigenvalue weighted by Crippen LogP contribution is 2.11. The number of hydrogen-bond donors (Lipinski definition) is 3. The van der Waals surface area contributed by atoms with Gasteiger partial charge >= 0.3 is 5.97 Å². The van der Waals surface area contributed by atoms with Crippen LogP contribution in [-0.2, 0) is 4.79 Å². The van der Waals surface area contributed by atoms with E-state index < -0.39 is 5.97 Å². The van der Waals surface area contributed by atoms with Crippen molar-refractivity contribution in [3.8, 4) is 5.75 Å². The van der Waals surface area contributed by atoms with Crippen molar-refractivity contribution in [1.29, 1.82) is 0 Å². The smallest absolute Gasteiger partial charge is 0.303 e. The van der Waals surface area contributed by atoms with Crippen molar-refractivity contribution in [2.75, 3.05) is 0 Å². The molecule has 0 fully saturated rings. The van der Waals surface area contributed by atoms with E-state index in [-0.39, 0.29) is 24.1 Å². The third kappa shape index (κ3) is 4.86. The lowest BCUT2D eigenvalue weighted by molar-refractivity contribution is -0.137. The van der Waals surface area contributed by atoms with Gasteiger partial charge in [-0.05, 0) is 38.0 Å². The number of benzene rings is 1. The Labute approximate surface area is 105 Å². The molecule has 0 heterocycles. The third-order valence-corrected chi connectivity index (χ3v) is 2.51. The summed E-state index contributed by atoms with van der Waals surface area (Å²) in [6.07, 6.45) is 1.24. The monoisotopic (exact) mass is 251 g/mol. The first-order valence-corrected chi connectivity index (χ1v) is 5.80. The summed E-state index contributed by atoms with van der Waals surface area (Å²) >= 11 is 0. The SMILES string of the molecule is CC(CCCC(=O)O)NC(=O)c1cccc(O)c1. The van der Waals surface area contributed by atoms with Gasteiger partial charge in [0.1, 0.15) is 5.75 Å². The van der Waals surface area contributed by atoms with Crippen LogP contribution in [0.3, 0.4) is 0 Å². The largest absolute Gasteiger partial charge is 0.508 e. The van der Waals surface area contributed by atoms with Gasteiger partial charge < -0.3 is 15.5 Å². The predicted octanol–water partition coefficient (Wildman–Crippen LogP) is 1.77. The molecule has 0 saturated carbocycles. The lowest BCUT2D eigenvalue weighted by atomic mass is 10.1. The van der Waals surface area contributed by atoms with E-state index >= 15 is 0 Å². The van der Waals surface area contributed by atoms with Crippen molar-refractivity contribution in [1.82, 2.24) is 5.32 Å². The van der Waals surface area contributed by atoms with Gasteiger partial charge in [-0.2, -0.15) is 0 Å². The van der Waals surface area contributed by atoms with Crippen LogP contribution < -0.4 is 5.32 Å². The molecule has 0 bridgehead atoms. The van der Waals surface area contributed by atoms with Gasteiger partial charge in [0.15, 0.2) is 0 Å². The summed E-state index contributed by atoms with van der Waals surface area (Å²) in [5.74, 6) is -1.06. The van der Waals surface area contributed by atoms with Crippen LogP contribution in [0.2, 0.25) is 0 Å². The molecule has 1 unspecified atom stereocenters. The highest BCUT2D eigenvalue weighted by molar-refractivity contribution is 5.94. The van der Waals surface area contributed by atoms with E-state index in [9.17, 15) is 14.7 Å². The second-order valence-electron chi connectivity index (χ2n) is 4.21. The number of nitrogens with one attached hydrogen (secondary N) is 1. The van der Waals surface area contributed by atoms with E-state index in [4.69, 9.17) is 5.11 Å². The minimum absolute atomic E-state index is 0.0428. The molecule has 18 heavy (non-hydrogen) atoms. The van der Waals surface area contributed by atoms with Crippen LogP contribution in [0.15, 0.2) is 24.3 Å². The molecule has 0 radical (unpaired) electrons. The molecule has 98 valence electrons. The molecule has 1 atom stereocenters. The molecule has 0 aliphatic carbocycles. The van der Waals surface area contributed by atoms with Crippen molar-refractivity contribution in [3.63, 3.8) is 0 Å². The van der Waals surface area contributed by atoms with Gasteiger partial charge in [-0.1, -0.05) is 6.07 Å². The molecule has 0 spiro atoms. The first-order chi connectivity index (χ1) is 8.49. The van der Waals surface area contributed by atoms with Crippen LogP contribution in [-0.4, -0.2) is 28.1 Å². The Kier molecular flexibility index (Phi) is 5.17. The number of carbonyl (C=O) groups is 2. The van der Waals surface area contributed by atoms with E-state index in [2.05, 4.69) is 5.32 Å². The van der Waals surface area contributed by atoms with Gasteiger partial charge in [-0.15, -0.1) is 0 Å². The summed E-state index contributed by atoms with van der Waals surface area (Å²) in [5, 5.41) is 20.5. The predicted molar refractivity (Wildman–Crippen MR) is 66.5 cm³/mol. The van der Waals surface area contributed by atoms with Crippen LogP contribution in [0.25, 0.3) is 0 Å². The maximum Gasteiger partial charge on any atom is 0.303 e. The highest BCUT2D eigenvalue weighted by Gasteiger charge is 2.10. The maximum absolute atomic E-state index is 11.8. The molecule has 5 heteroatoms. The number of phenols is 1. The third-order valence-electron chi connectivity index (χ3n) is 2.51. The molecule has 3 N–H and O–H groups in total. The van der Waals surface area contributed by atoms with E-state index in [0.29, 0.717) is 18.4 Å². The van der Waals surface area contributed by atoms with Crippen molar-refractivity contribution < 1.29 is 19.8 Å². The summed E-state index contributed by atoms with van der Waals surface area (Å²) in [6.45, 7) is 1.82. The summed E-state index contributed by atoms with van der Waals surface area (Å²) in [4.78, 5) is 22.1. The molecule has 1 amide bonds. The number of carbonyl (C=O) groups excluding carboxylic acids is 1. The fourth-order valence-electron chi connectivity index (χ4n) is 1.59. The molecular weight excluding hydrogens is 234 g/mol. The number of phenolic OH excluding ortho intramolecular Hbond substituents is 1. The van der Waals surface area contributed by atoms with Gasteiger partial charge in [0.05, 0.1) is 0 Å². The fraction of sp³-hybridized carbons (Fsp3) is 0.385. The molecule has 1 aromatic rings. The quantitative estimate of drug-likeness (QED) is 0.719. The lowest BCUT2D eigenvalue weighted by Gasteiger charge is -2.13. The van der Waals surface area contributed by atoms with E-state index in [0.717, 1.165) is 0 Å². The Morgan fingerprint density at radius 2 is 2.11 bits per heavy atom. The average molecular weight is 251 g/mol. The normalized spacial score (nSPS) is 11.8. The second-order valence-corrected chi connectivity index (χ2v) is 4.21. The first kappa shape index (κ1) is 14.0. The first-order valence-electron chi connectivity index (χ1n) is 5.80. The Bertz CT molecular complexity index is 431. The minimum Gasteiger partial charge on any atom is -0.508 e. The lowest BCUT2D eigenvalue weighted by Crippen LogP contribution is -2.32. The summed E-state index contributed by atoms with van der Waals surface area (Å²) in [6, 6.07) is 5.99. The van der Waals surface area contributed by atoms with E-state index in [1.54, 1.807) is 12.1 Å². The van der Waals surface area contributed by atoms with E-state index in [1.807, 2.05) is 6.92 Å². The standard InChI is InChI=1S/C13H17NO4/c1-9(4-2-7-12(16)17)14-13(18)10-5-3-6-11(15)8-10/h3,5-6,8-9,15H,2,4,7H2,1H3,(H,14,18)(H,16,17). The molecule has 0 saturated heterocycles. The van der Waals surface area contributed by atoms with Crippen LogP contribution in [0, 0.1) is 0 Å². The zero-order valence-corrected chi connectivity index (χ0v) is 10.2. The molecule has 0 aliphatic heterocycles. The van der Waals surface area contributed by atoms with Crippen LogP contribution in [0.5, 0.6) is 5.75 Å². The van der Waals surface area contributed by atoms with Crippen molar-refractivity contribution >= 4 is 11.9 Å². The Morgan fingerprint density at radius 3 is 2.72 bits per heavy atom. The number of carboxylic acids is 1. The van der Waals surface area contributed by atoms with Gasteiger partial charge in [0, 0.05) is 18.0 Å². The molecule has 1 rings (SSSR count). The number of hydrogen-bond acceptors (Lipinski definition) is 3. The molecular formula is C13H17NO4. The highest BCUT2D eigenvalue weighted by atomic mass is 16.4. The Balaban J connectivity index is 2.42. The number of amides is 1. The second kappa shape index (κ2) is 6.64. The van der Waals surface area contributed by atoms with Crippen LogP contribution in [0.1, 0.15) is 36.5 Å². The maximum atomic E-state index is 11.8. The van der Waals surface area contributed by atoms with Crippen molar-refractivity contribution in [3.05, 3.63) is 29.8 Å². The van der Waals surface area contributed by atoms with Crippen molar-refractivity contribution in [2.24, 2.45) is 0 Å². The topological polar surface area (TPSA) is 86.6 Å². The summed E-state index contributed by atoms with van der Waals surface area (Å²) < 4.78 is 0. The molecule has 5 nitrogen and oxygen atoms in total. The van der Waals surface area contributed by atoms with Crippen molar-refractivity contribution in [2.45, 2.75) is 32.2 Å². The Hall–Kier alpha value is -2.04. The van der Waals surface area contributed by atoms with Crippen LogP contribution >= 0.6 is 0 Å². The summed E-state index contributed by atoms with van der Waals surface area (Å²) in [5.41, 5.74) is 0.389. The zero-order valence-electron chi connectivity index (χ0n) is 10.2. The van der Waals surface area contributed by atoms with Gasteiger partial charge in [-0.3, -0.25) is 9.59 Å². The molecule has 1 aromatic carbocycles. The number of rotatable bonds is 6. The van der Waals surface area contributed by atoms with Gasteiger partial charge in [0.25, 0.3) is 5.91 Å². The molecule has 0 aromatic heterocycles. The Morgan fingerprint density at radius 1 is 1.39 bits per heavy atom. The molecule has 0 aliphatic rings. The number of carboxylic acid groups (broad SMARTS) is 1. The van der Waals surface area contributed by atoms with Crippen LogP contribution in [0.4, 0.5) is 0 Å². The summed E-state index contributed by atoms with van der Waals surface area (Å²) in [7, 11) is 0. The number of aromatic hydroxyl groups is 1. The van der Waals surface area contributed by atoms with Gasteiger partial charge in [0.2, 0.25) is 0 Å². The zero-order chi connectivity index (χ0) is 13.5. The van der Waals surface area contributed by atoms with Gasteiger partial charge in [-0.25, -0.2) is 0 Å². The number of aliphatic carboxylic acids is 1.